The zero-order valence-electron chi connectivity index (χ0n) is 11.8. The third-order valence-electron chi connectivity index (χ3n) is 2.43. The summed E-state index contributed by atoms with van der Waals surface area (Å²) in [6.07, 6.45) is 2.98. The smallest absolute Gasteiger partial charge is 0.221 e. The van der Waals surface area contributed by atoms with Crippen molar-refractivity contribution in [2.75, 3.05) is 19.6 Å². The van der Waals surface area contributed by atoms with Crippen LogP contribution in [0.4, 0.5) is 0 Å². The van der Waals surface area contributed by atoms with E-state index >= 15 is 0 Å². The van der Waals surface area contributed by atoms with Gasteiger partial charge >= 0.3 is 0 Å². The maximum absolute atomic E-state index is 11.4. The van der Waals surface area contributed by atoms with Gasteiger partial charge in [0.15, 0.2) is 0 Å². The lowest BCUT2D eigenvalue weighted by atomic mass is 10.2. The third-order valence-corrected chi connectivity index (χ3v) is 2.43. The molecule has 3 N–H and O–H groups in total. The Morgan fingerprint density at radius 1 is 0.944 bits per heavy atom. The van der Waals surface area contributed by atoms with E-state index in [1.165, 1.54) is 0 Å². The molecule has 0 aliphatic carbocycles. The van der Waals surface area contributed by atoms with E-state index in [1.54, 1.807) is 0 Å². The summed E-state index contributed by atoms with van der Waals surface area (Å²) < 4.78 is 0. The number of hydrogen-bond donors (Lipinski definition) is 3. The Kier molecular flexibility index (Phi) is 10.3. The van der Waals surface area contributed by atoms with Gasteiger partial charge in [-0.3, -0.25) is 9.59 Å². The predicted molar refractivity (Wildman–Crippen MR) is 73.3 cm³/mol. The van der Waals surface area contributed by atoms with Gasteiger partial charge in [-0.05, 0) is 6.42 Å². The molecule has 5 nitrogen and oxygen atoms in total. The molecule has 0 spiro atoms. The van der Waals surface area contributed by atoms with Gasteiger partial charge in [-0.1, -0.05) is 27.2 Å². The molecule has 0 heterocycles. The van der Waals surface area contributed by atoms with Crippen LogP contribution in [0.2, 0.25) is 0 Å². The lowest BCUT2D eigenvalue weighted by Gasteiger charge is -2.09. The minimum absolute atomic E-state index is 0.0194. The highest BCUT2D eigenvalue weighted by Crippen LogP contribution is 1.92. The fraction of sp³-hybridized carbons (Fsp3) is 0.846. The van der Waals surface area contributed by atoms with Gasteiger partial charge in [-0.25, -0.2) is 0 Å². The third kappa shape index (κ3) is 11.4. The summed E-state index contributed by atoms with van der Waals surface area (Å²) in [6.45, 7) is 7.84. The zero-order chi connectivity index (χ0) is 13.8. The van der Waals surface area contributed by atoms with Crippen molar-refractivity contribution in [2.45, 2.75) is 52.5 Å². The van der Waals surface area contributed by atoms with E-state index in [0.717, 1.165) is 12.8 Å². The van der Waals surface area contributed by atoms with Crippen molar-refractivity contribution in [3.8, 4) is 0 Å². The van der Waals surface area contributed by atoms with Crippen molar-refractivity contribution in [2.24, 2.45) is 0 Å². The molecule has 0 aromatic rings. The Balaban J connectivity index is 3.37. The van der Waals surface area contributed by atoms with Crippen molar-refractivity contribution in [1.29, 1.82) is 0 Å². The molecule has 0 fully saturated rings. The van der Waals surface area contributed by atoms with E-state index in [1.807, 2.05) is 13.8 Å². The Morgan fingerprint density at radius 2 is 1.50 bits per heavy atom. The maximum atomic E-state index is 11.4. The molecule has 0 aliphatic heterocycles. The van der Waals surface area contributed by atoms with Crippen LogP contribution in [0.3, 0.4) is 0 Å². The Hall–Kier alpha value is -1.10. The summed E-state index contributed by atoms with van der Waals surface area (Å²) >= 11 is 0. The lowest BCUT2D eigenvalue weighted by Crippen LogP contribution is -2.36. The van der Waals surface area contributed by atoms with Crippen molar-refractivity contribution in [3.63, 3.8) is 0 Å². The SMILES string of the molecule is CCCCC(=O)NCCNC(=O)CCNC(C)C. The molecule has 0 saturated heterocycles. The van der Waals surface area contributed by atoms with Crippen LogP contribution >= 0.6 is 0 Å². The molecular weight excluding hydrogens is 230 g/mol. The van der Waals surface area contributed by atoms with Gasteiger partial charge in [-0.15, -0.1) is 0 Å². The van der Waals surface area contributed by atoms with E-state index in [0.29, 0.717) is 38.5 Å². The average molecular weight is 257 g/mol. The first kappa shape index (κ1) is 16.9. The Labute approximate surface area is 110 Å². The van der Waals surface area contributed by atoms with Gasteiger partial charge < -0.3 is 16.0 Å². The van der Waals surface area contributed by atoms with Gasteiger partial charge in [0.25, 0.3) is 0 Å². The van der Waals surface area contributed by atoms with Crippen LogP contribution in [0.15, 0.2) is 0 Å². The summed E-state index contributed by atoms with van der Waals surface area (Å²) in [6, 6.07) is 0.399. The van der Waals surface area contributed by atoms with E-state index < -0.39 is 0 Å². The molecule has 0 aromatic heterocycles. The number of amides is 2. The summed E-state index contributed by atoms with van der Waals surface area (Å²) in [5.74, 6) is 0.0820. The first-order chi connectivity index (χ1) is 8.56. The van der Waals surface area contributed by atoms with Crippen molar-refractivity contribution >= 4 is 11.8 Å². The lowest BCUT2D eigenvalue weighted by molar-refractivity contribution is -0.122. The molecule has 18 heavy (non-hydrogen) atoms. The van der Waals surface area contributed by atoms with Crippen LogP contribution in [0, 0.1) is 0 Å². The summed E-state index contributed by atoms with van der Waals surface area (Å²) in [5, 5.41) is 8.73. The molecule has 0 aromatic carbocycles. The van der Waals surface area contributed by atoms with E-state index in [2.05, 4.69) is 22.9 Å². The molecule has 0 rings (SSSR count). The van der Waals surface area contributed by atoms with Crippen molar-refractivity contribution in [1.82, 2.24) is 16.0 Å². The monoisotopic (exact) mass is 257 g/mol. The van der Waals surface area contributed by atoms with E-state index in [4.69, 9.17) is 0 Å². The van der Waals surface area contributed by atoms with Crippen LogP contribution in [0.25, 0.3) is 0 Å². The Bertz CT molecular complexity index is 242. The minimum atomic E-state index is 0.0194. The number of hydrogen-bond acceptors (Lipinski definition) is 3. The largest absolute Gasteiger partial charge is 0.354 e. The van der Waals surface area contributed by atoms with Gasteiger partial charge in [0.1, 0.15) is 0 Å². The molecule has 0 bridgehead atoms. The second-order valence-electron chi connectivity index (χ2n) is 4.66. The highest BCUT2D eigenvalue weighted by atomic mass is 16.2. The highest BCUT2D eigenvalue weighted by Gasteiger charge is 2.02. The molecule has 5 heteroatoms. The standard InChI is InChI=1S/C13H27N3O2/c1-4-5-6-12(17)15-9-10-16-13(18)7-8-14-11(2)3/h11,14H,4-10H2,1-3H3,(H,15,17)(H,16,18). The maximum Gasteiger partial charge on any atom is 0.221 e. The number of carbonyl (C=O) groups is 2. The number of rotatable bonds is 10. The molecule has 0 saturated carbocycles. The quantitative estimate of drug-likeness (QED) is 0.507. The van der Waals surface area contributed by atoms with Gasteiger partial charge in [0.2, 0.25) is 11.8 Å². The molecule has 0 atom stereocenters. The zero-order valence-corrected chi connectivity index (χ0v) is 11.8. The fourth-order valence-corrected chi connectivity index (χ4v) is 1.39. The second-order valence-corrected chi connectivity index (χ2v) is 4.66. The van der Waals surface area contributed by atoms with Gasteiger partial charge in [0.05, 0.1) is 0 Å². The fourth-order valence-electron chi connectivity index (χ4n) is 1.39. The molecular formula is C13H27N3O2. The van der Waals surface area contributed by atoms with Gasteiger partial charge in [0, 0.05) is 38.5 Å². The minimum Gasteiger partial charge on any atom is -0.354 e. The number of unbranched alkanes of at least 4 members (excludes halogenated alkanes) is 1. The van der Waals surface area contributed by atoms with Crippen LogP contribution in [-0.4, -0.2) is 37.5 Å². The normalized spacial score (nSPS) is 10.4. The summed E-state index contributed by atoms with van der Waals surface area (Å²) in [5.41, 5.74) is 0. The topological polar surface area (TPSA) is 70.2 Å². The summed E-state index contributed by atoms with van der Waals surface area (Å²) in [4.78, 5) is 22.6. The van der Waals surface area contributed by atoms with Crippen LogP contribution in [-0.2, 0) is 9.59 Å². The van der Waals surface area contributed by atoms with Gasteiger partial charge in [-0.2, -0.15) is 0 Å². The average Bonchev–Trinajstić information content (AvgIpc) is 2.31. The number of carbonyl (C=O) groups excluding carboxylic acids is 2. The first-order valence-electron chi connectivity index (χ1n) is 6.83. The van der Waals surface area contributed by atoms with Crippen molar-refractivity contribution in [3.05, 3.63) is 0 Å². The van der Waals surface area contributed by atoms with Crippen molar-refractivity contribution < 1.29 is 9.59 Å². The predicted octanol–water partition coefficient (Wildman–Crippen LogP) is 0.797. The highest BCUT2D eigenvalue weighted by molar-refractivity contribution is 5.77. The molecule has 106 valence electrons. The molecule has 0 unspecified atom stereocenters. The first-order valence-corrected chi connectivity index (χ1v) is 6.83. The van der Waals surface area contributed by atoms with Crippen LogP contribution < -0.4 is 16.0 Å². The summed E-state index contributed by atoms with van der Waals surface area (Å²) in [7, 11) is 0. The number of nitrogens with one attached hydrogen (secondary N) is 3. The molecule has 0 aliphatic rings. The van der Waals surface area contributed by atoms with E-state index in [-0.39, 0.29) is 11.8 Å². The molecule has 0 radical (unpaired) electrons. The van der Waals surface area contributed by atoms with Crippen LogP contribution in [0.5, 0.6) is 0 Å². The Morgan fingerprint density at radius 3 is 2.00 bits per heavy atom. The second kappa shape index (κ2) is 11.0. The van der Waals surface area contributed by atoms with E-state index in [9.17, 15) is 9.59 Å². The molecule has 2 amide bonds. The van der Waals surface area contributed by atoms with Crippen LogP contribution in [0.1, 0.15) is 46.5 Å².